The Kier molecular flexibility index (Phi) is 5.36. The van der Waals surface area contributed by atoms with E-state index in [1.807, 2.05) is 0 Å². The molecule has 2 heteroatoms. The lowest BCUT2D eigenvalue weighted by Gasteiger charge is -2.26. The zero-order valence-corrected chi connectivity index (χ0v) is 12.6. The van der Waals surface area contributed by atoms with Crippen LogP contribution >= 0.6 is 0 Å². The minimum absolute atomic E-state index is 0.247. The van der Waals surface area contributed by atoms with Gasteiger partial charge in [0, 0.05) is 6.54 Å². The molecule has 0 heterocycles. The summed E-state index contributed by atoms with van der Waals surface area (Å²) in [5.41, 5.74) is 10.1. The van der Waals surface area contributed by atoms with Gasteiger partial charge < -0.3 is 10.6 Å². The second-order valence-corrected chi connectivity index (χ2v) is 6.27. The van der Waals surface area contributed by atoms with Gasteiger partial charge in [-0.15, -0.1) is 0 Å². The zero-order chi connectivity index (χ0) is 13.8. The van der Waals surface area contributed by atoms with Gasteiger partial charge >= 0.3 is 0 Å². The maximum atomic E-state index is 5.76. The Morgan fingerprint density at radius 1 is 1.17 bits per heavy atom. The Balaban J connectivity index is 2.49. The minimum atomic E-state index is 0.247. The van der Waals surface area contributed by atoms with E-state index in [-0.39, 0.29) is 5.41 Å². The molecule has 0 saturated heterocycles. The smallest absolute Gasteiger partial charge is 0.0230 e. The molecular formula is C16H28N2. The molecule has 2 nitrogen and oxygen atoms in total. The van der Waals surface area contributed by atoms with Gasteiger partial charge in [0.25, 0.3) is 0 Å². The SMILES string of the molecule is Cc1ccc(CN(C)CCC(C)(C)CN)cc1C. The van der Waals surface area contributed by atoms with Crippen molar-refractivity contribution in [3.8, 4) is 0 Å². The van der Waals surface area contributed by atoms with Crippen molar-refractivity contribution in [2.75, 3.05) is 20.1 Å². The Hall–Kier alpha value is -0.860. The molecule has 0 atom stereocenters. The Labute approximate surface area is 112 Å². The van der Waals surface area contributed by atoms with Gasteiger partial charge in [-0.3, -0.25) is 0 Å². The summed E-state index contributed by atoms with van der Waals surface area (Å²) in [7, 11) is 2.18. The summed E-state index contributed by atoms with van der Waals surface area (Å²) < 4.78 is 0. The molecule has 0 radical (unpaired) electrons. The van der Waals surface area contributed by atoms with Gasteiger partial charge in [-0.1, -0.05) is 32.0 Å². The van der Waals surface area contributed by atoms with Crippen LogP contribution in [0.25, 0.3) is 0 Å². The normalized spacial score (nSPS) is 12.2. The van der Waals surface area contributed by atoms with Crippen LogP contribution in [0.3, 0.4) is 0 Å². The van der Waals surface area contributed by atoms with E-state index in [1.165, 1.54) is 16.7 Å². The molecule has 2 N–H and O–H groups in total. The fourth-order valence-electron chi connectivity index (χ4n) is 1.89. The molecule has 0 spiro atoms. The number of hydrogen-bond donors (Lipinski definition) is 1. The Bertz CT molecular complexity index is 383. The van der Waals surface area contributed by atoms with Crippen molar-refractivity contribution in [3.05, 3.63) is 34.9 Å². The third-order valence-corrected chi connectivity index (χ3v) is 3.75. The van der Waals surface area contributed by atoms with Crippen molar-refractivity contribution < 1.29 is 0 Å². The van der Waals surface area contributed by atoms with Crippen molar-refractivity contribution in [1.82, 2.24) is 4.90 Å². The second kappa shape index (κ2) is 6.35. The first-order valence-electron chi connectivity index (χ1n) is 6.79. The van der Waals surface area contributed by atoms with E-state index in [4.69, 9.17) is 5.73 Å². The van der Waals surface area contributed by atoms with E-state index in [9.17, 15) is 0 Å². The number of nitrogens with zero attached hydrogens (tertiary/aromatic N) is 1. The standard InChI is InChI=1S/C16H28N2/c1-13-6-7-15(10-14(13)2)11-18(5)9-8-16(3,4)12-17/h6-7,10H,8-9,11-12,17H2,1-5H3. The number of hydrogen-bond acceptors (Lipinski definition) is 2. The highest BCUT2D eigenvalue weighted by Crippen LogP contribution is 2.19. The van der Waals surface area contributed by atoms with Crippen LogP contribution in [0.2, 0.25) is 0 Å². The summed E-state index contributed by atoms with van der Waals surface area (Å²) in [6, 6.07) is 6.73. The van der Waals surface area contributed by atoms with Gasteiger partial charge in [0.15, 0.2) is 0 Å². The van der Waals surface area contributed by atoms with Crippen molar-refractivity contribution >= 4 is 0 Å². The van der Waals surface area contributed by atoms with E-state index in [0.29, 0.717) is 0 Å². The molecule has 18 heavy (non-hydrogen) atoms. The van der Waals surface area contributed by atoms with Gasteiger partial charge in [0.05, 0.1) is 0 Å². The molecule has 0 aliphatic rings. The predicted octanol–water partition coefficient (Wildman–Crippen LogP) is 3.11. The predicted molar refractivity (Wildman–Crippen MR) is 79.7 cm³/mol. The van der Waals surface area contributed by atoms with Gasteiger partial charge in [-0.2, -0.15) is 0 Å². The van der Waals surface area contributed by atoms with E-state index < -0.39 is 0 Å². The van der Waals surface area contributed by atoms with Crippen molar-refractivity contribution in [1.29, 1.82) is 0 Å². The Morgan fingerprint density at radius 2 is 1.83 bits per heavy atom. The van der Waals surface area contributed by atoms with Crippen LogP contribution in [0, 0.1) is 19.3 Å². The quantitative estimate of drug-likeness (QED) is 0.838. The first-order chi connectivity index (χ1) is 8.34. The molecule has 0 aliphatic heterocycles. The van der Waals surface area contributed by atoms with Gasteiger partial charge in [0.2, 0.25) is 0 Å². The maximum absolute atomic E-state index is 5.76. The first-order valence-corrected chi connectivity index (χ1v) is 6.79. The van der Waals surface area contributed by atoms with Crippen LogP contribution in [-0.4, -0.2) is 25.0 Å². The molecule has 0 aliphatic carbocycles. The van der Waals surface area contributed by atoms with Gasteiger partial charge in [0.1, 0.15) is 0 Å². The van der Waals surface area contributed by atoms with Crippen LogP contribution in [-0.2, 0) is 6.54 Å². The third-order valence-electron chi connectivity index (χ3n) is 3.75. The molecule has 1 aromatic rings. The second-order valence-electron chi connectivity index (χ2n) is 6.27. The van der Waals surface area contributed by atoms with Crippen molar-refractivity contribution in [3.63, 3.8) is 0 Å². The molecular weight excluding hydrogens is 220 g/mol. The van der Waals surface area contributed by atoms with Crippen LogP contribution in [0.1, 0.15) is 37.0 Å². The van der Waals surface area contributed by atoms with Crippen molar-refractivity contribution in [2.24, 2.45) is 11.1 Å². The molecule has 102 valence electrons. The topological polar surface area (TPSA) is 29.3 Å². The maximum Gasteiger partial charge on any atom is 0.0230 e. The van der Waals surface area contributed by atoms with Crippen LogP contribution < -0.4 is 5.73 Å². The van der Waals surface area contributed by atoms with Gasteiger partial charge in [-0.25, -0.2) is 0 Å². The van der Waals surface area contributed by atoms with Crippen LogP contribution in [0.15, 0.2) is 18.2 Å². The molecule has 0 fully saturated rings. The lowest BCUT2D eigenvalue weighted by Crippen LogP contribution is -2.29. The molecule has 0 saturated carbocycles. The van der Waals surface area contributed by atoms with E-state index >= 15 is 0 Å². The van der Waals surface area contributed by atoms with Gasteiger partial charge in [-0.05, 0) is 62.5 Å². The summed E-state index contributed by atoms with van der Waals surface area (Å²) in [5, 5.41) is 0. The average Bonchev–Trinajstić information content (AvgIpc) is 2.32. The summed E-state index contributed by atoms with van der Waals surface area (Å²) >= 11 is 0. The number of nitrogens with two attached hydrogens (primary N) is 1. The lowest BCUT2D eigenvalue weighted by molar-refractivity contribution is 0.249. The molecule has 0 aromatic heterocycles. The molecule has 0 unspecified atom stereocenters. The summed E-state index contributed by atoms with van der Waals surface area (Å²) in [4.78, 5) is 2.38. The molecule has 0 bridgehead atoms. The van der Waals surface area contributed by atoms with Crippen molar-refractivity contribution in [2.45, 2.75) is 40.7 Å². The van der Waals surface area contributed by atoms with Crippen LogP contribution in [0.4, 0.5) is 0 Å². The van der Waals surface area contributed by atoms with E-state index in [2.05, 4.69) is 57.8 Å². The third kappa shape index (κ3) is 4.79. The van der Waals surface area contributed by atoms with E-state index in [0.717, 1.165) is 26.1 Å². The molecule has 1 aromatic carbocycles. The van der Waals surface area contributed by atoms with Crippen LogP contribution in [0.5, 0.6) is 0 Å². The first kappa shape index (κ1) is 15.2. The molecule has 0 amide bonds. The molecule has 1 rings (SSSR count). The average molecular weight is 248 g/mol. The lowest BCUT2D eigenvalue weighted by atomic mass is 9.89. The highest BCUT2D eigenvalue weighted by Gasteiger charge is 2.16. The Morgan fingerprint density at radius 3 is 2.39 bits per heavy atom. The number of aryl methyl sites for hydroxylation is 2. The zero-order valence-electron chi connectivity index (χ0n) is 12.6. The highest BCUT2D eigenvalue weighted by atomic mass is 15.1. The highest BCUT2D eigenvalue weighted by molar-refractivity contribution is 5.29. The fourth-order valence-corrected chi connectivity index (χ4v) is 1.89. The summed E-state index contributed by atoms with van der Waals surface area (Å²) in [5.74, 6) is 0. The largest absolute Gasteiger partial charge is 0.330 e. The summed E-state index contributed by atoms with van der Waals surface area (Å²) in [6.45, 7) is 11.7. The fraction of sp³-hybridized carbons (Fsp3) is 0.625. The summed E-state index contributed by atoms with van der Waals surface area (Å²) in [6.07, 6.45) is 1.14. The monoisotopic (exact) mass is 248 g/mol. The van der Waals surface area contributed by atoms with E-state index in [1.54, 1.807) is 0 Å². The number of benzene rings is 1. The number of rotatable bonds is 6. The minimum Gasteiger partial charge on any atom is -0.330 e.